The van der Waals surface area contributed by atoms with E-state index in [1.165, 1.54) is 19.2 Å². The number of Topliss-reactive ketones (excluding diaryl/α,β-unsaturated/α-hetero) is 1. The van der Waals surface area contributed by atoms with Gasteiger partial charge in [-0.15, -0.1) is 0 Å². The van der Waals surface area contributed by atoms with Crippen molar-refractivity contribution in [2.24, 2.45) is 0 Å². The fraction of sp³-hybridized carbons (Fsp3) is 0.381. The number of nitrogens with one attached hydrogen (secondary N) is 2. The van der Waals surface area contributed by atoms with Crippen LogP contribution in [-0.4, -0.2) is 29.3 Å². The summed E-state index contributed by atoms with van der Waals surface area (Å²) < 4.78 is 5.06. The number of benzene rings is 1. The molecule has 0 saturated carbocycles. The van der Waals surface area contributed by atoms with Gasteiger partial charge in [0.05, 0.1) is 0 Å². The van der Waals surface area contributed by atoms with E-state index in [0.29, 0.717) is 5.56 Å². The van der Waals surface area contributed by atoms with Crippen LogP contribution in [0.2, 0.25) is 0 Å². The molecule has 2 N–H and O–H groups in total. The van der Waals surface area contributed by atoms with Gasteiger partial charge in [-0.2, -0.15) is 0 Å². The Morgan fingerprint density at radius 3 is 2.15 bits per heavy atom. The topological polar surface area (TPSA) is 88.3 Å². The monoisotopic (exact) mass is 370 g/mol. The Labute approximate surface area is 159 Å². The van der Waals surface area contributed by atoms with Crippen molar-refractivity contribution >= 4 is 23.3 Å². The predicted molar refractivity (Wildman–Crippen MR) is 104 cm³/mol. The minimum atomic E-state index is -0.682. The highest BCUT2D eigenvalue weighted by atomic mass is 16.5. The molecule has 1 amide bonds. The van der Waals surface area contributed by atoms with Gasteiger partial charge in [0.2, 0.25) is 0 Å². The van der Waals surface area contributed by atoms with Crippen molar-refractivity contribution in [1.82, 2.24) is 4.98 Å². The van der Waals surface area contributed by atoms with Gasteiger partial charge in [-0.3, -0.25) is 9.59 Å². The third-order valence-corrected chi connectivity index (χ3v) is 4.28. The molecular weight excluding hydrogens is 344 g/mol. The van der Waals surface area contributed by atoms with E-state index in [0.717, 1.165) is 16.8 Å². The van der Waals surface area contributed by atoms with E-state index in [-0.39, 0.29) is 23.3 Å². The molecule has 0 saturated heterocycles. The van der Waals surface area contributed by atoms with Crippen LogP contribution in [0.25, 0.3) is 0 Å². The number of aromatic nitrogens is 1. The quantitative estimate of drug-likeness (QED) is 0.563. The zero-order valence-electron chi connectivity index (χ0n) is 16.4. The molecule has 0 atom stereocenters. The fourth-order valence-corrected chi connectivity index (χ4v) is 2.80. The van der Waals surface area contributed by atoms with Gasteiger partial charge in [-0.05, 0) is 36.0 Å². The third kappa shape index (κ3) is 5.06. The van der Waals surface area contributed by atoms with Crippen molar-refractivity contribution in [2.45, 2.75) is 46.5 Å². The number of hydrogen-bond donors (Lipinski definition) is 2. The average Bonchev–Trinajstić information content (AvgIpc) is 3.10. The molecule has 0 spiro atoms. The van der Waals surface area contributed by atoms with E-state index in [1.807, 2.05) is 18.2 Å². The molecule has 0 aliphatic carbocycles. The molecule has 0 unspecified atom stereocenters. The second kappa shape index (κ2) is 8.66. The summed E-state index contributed by atoms with van der Waals surface area (Å²) in [5, 5.41) is 2.89. The van der Waals surface area contributed by atoms with E-state index in [9.17, 15) is 14.4 Å². The number of ketones is 1. The number of amides is 1. The molecule has 2 rings (SSSR count). The maximum Gasteiger partial charge on any atom is 0.355 e. The van der Waals surface area contributed by atoms with Crippen molar-refractivity contribution in [3.63, 3.8) is 0 Å². The van der Waals surface area contributed by atoms with Gasteiger partial charge in [0.15, 0.2) is 12.4 Å². The summed E-state index contributed by atoms with van der Waals surface area (Å²) in [6, 6.07) is 7.37. The van der Waals surface area contributed by atoms with Gasteiger partial charge < -0.3 is 15.0 Å². The van der Waals surface area contributed by atoms with E-state index >= 15 is 0 Å². The number of ether oxygens (including phenoxy) is 1. The number of anilines is 1. The van der Waals surface area contributed by atoms with Gasteiger partial charge in [0.1, 0.15) is 5.69 Å². The van der Waals surface area contributed by atoms with Gasteiger partial charge in [-0.25, -0.2) is 4.79 Å². The van der Waals surface area contributed by atoms with Crippen LogP contribution in [0.4, 0.5) is 5.69 Å². The fourth-order valence-electron chi connectivity index (χ4n) is 2.80. The van der Waals surface area contributed by atoms with Crippen LogP contribution >= 0.6 is 0 Å². The Bertz CT molecular complexity index is 823. The number of carbonyl (C=O) groups excluding carboxylic acids is 3. The van der Waals surface area contributed by atoms with Crippen LogP contribution in [0.3, 0.4) is 0 Å². The second-order valence-corrected chi connectivity index (χ2v) is 7.10. The van der Waals surface area contributed by atoms with Crippen LogP contribution in [0.5, 0.6) is 0 Å². The Hall–Kier alpha value is -2.89. The smallest absolute Gasteiger partial charge is 0.355 e. The summed E-state index contributed by atoms with van der Waals surface area (Å²) in [6.45, 7) is 9.25. The normalized spacial score (nSPS) is 10.9. The van der Waals surface area contributed by atoms with Gasteiger partial charge in [0, 0.05) is 17.4 Å². The van der Waals surface area contributed by atoms with Crippen molar-refractivity contribution in [2.75, 3.05) is 11.9 Å². The molecule has 6 heteroatoms. The Morgan fingerprint density at radius 1 is 1.07 bits per heavy atom. The van der Waals surface area contributed by atoms with Gasteiger partial charge in [0.25, 0.3) is 5.91 Å². The maximum absolute atomic E-state index is 12.4. The molecule has 1 aromatic heterocycles. The van der Waals surface area contributed by atoms with Crippen LogP contribution in [0, 0.1) is 0 Å². The van der Waals surface area contributed by atoms with E-state index < -0.39 is 18.5 Å². The molecule has 0 aliphatic rings. The van der Waals surface area contributed by atoms with E-state index in [2.05, 4.69) is 38.0 Å². The highest BCUT2D eigenvalue weighted by molar-refractivity contribution is 5.99. The lowest BCUT2D eigenvalue weighted by Gasteiger charge is -2.20. The molecule has 0 aliphatic heterocycles. The molecule has 144 valence electrons. The maximum atomic E-state index is 12.4. The Balaban J connectivity index is 2.07. The minimum Gasteiger partial charge on any atom is -0.451 e. The van der Waals surface area contributed by atoms with Gasteiger partial charge >= 0.3 is 5.97 Å². The number of H-pyrrole nitrogens is 1. The highest BCUT2D eigenvalue weighted by Gasteiger charge is 2.18. The van der Waals surface area contributed by atoms with Crippen molar-refractivity contribution in [3.05, 3.63) is 52.8 Å². The van der Waals surface area contributed by atoms with Crippen LogP contribution in [-0.2, 0) is 9.53 Å². The lowest BCUT2D eigenvalue weighted by molar-refractivity contribution is -0.119. The van der Waals surface area contributed by atoms with Crippen LogP contribution < -0.4 is 5.32 Å². The number of aromatic amines is 1. The molecule has 1 heterocycles. The average molecular weight is 370 g/mol. The zero-order valence-corrected chi connectivity index (χ0v) is 16.4. The van der Waals surface area contributed by atoms with Crippen molar-refractivity contribution in [3.8, 4) is 0 Å². The molecular formula is C21H26N2O4. The SMILES string of the molecule is CC(=O)c1c[nH]c(C(=O)OCC(=O)Nc2c(C(C)C)cccc2C(C)C)c1. The number of rotatable bonds is 7. The number of para-hydroxylation sites is 1. The second-order valence-electron chi connectivity index (χ2n) is 7.10. The highest BCUT2D eigenvalue weighted by Crippen LogP contribution is 2.32. The first-order valence-corrected chi connectivity index (χ1v) is 8.99. The summed E-state index contributed by atoms with van der Waals surface area (Å²) in [4.78, 5) is 38.4. The van der Waals surface area contributed by atoms with Crippen LogP contribution in [0.1, 0.15) is 78.4 Å². The molecule has 0 bridgehead atoms. The Morgan fingerprint density at radius 2 is 1.67 bits per heavy atom. The van der Waals surface area contributed by atoms with Crippen LogP contribution in [0.15, 0.2) is 30.5 Å². The first kappa shape index (κ1) is 20.4. The third-order valence-electron chi connectivity index (χ3n) is 4.28. The lowest BCUT2D eigenvalue weighted by atomic mass is 9.92. The summed E-state index contributed by atoms with van der Waals surface area (Å²) in [6.07, 6.45) is 1.44. The zero-order chi connectivity index (χ0) is 20.1. The standard InChI is InChI=1S/C21H26N2O4/c1-12(2)16-7-6-8-17(13(3)4)20(16)23-19(25)11-27-21(26)18-9-15(10-22-18)14(5)24/h6-10,12-13,22H,11H2,1-5H3,(H,23,25). The summed E-state index contributed by atoms with van der Waals surface area (Å²) >= 11 is 0. The Kier molecular flexibility index (Phi) is 6.55. The number of hydrogen-bond acceptors (Lipinski definition) is 4. The molecule has 0 radical (unpaired) electrons. The number of esters is 1. The van der Waals surface area contributed by atoms with Crippen molar-refractivity contribution < 1.29 is 19.1 Å². The first-order chi connectivity index (χ1) is 12.7. The number of carbonyl (C=O) groups is 3. The molecule has 27 heavy (non-hydrogen) atoms. The van der Waals surface area contributed by atoms with E-state index in [1.54, 1.807) is 0 Å². The first-order valence-electron chi connectivity index (χ1n) is 8.99. The molecule has 6 nitrogen and oxygen atoms in total. The lowest BCUT2D eigenvalue weighted by Crippen LogP contribution is -2.22. The molecule has 0 fully saturated rings. The largest absolute Gasteiger partial charge is 0.451 e. The predicted octanol–water partition coefficient (Wildman–Crippen LogP) is 4.26. The van der Waals surface area contributed by atoms with Crippen molar-refractivity contribution in [1.29, 1.82) is 0 Å². The molecule has 2 aromatic rings. The minimum absolute atomic E-state index is 0.137. The summed E-state index contributed by atoms with van der Waals surface area (Å²) in [5.74, 6) is -0.763. The molecule has 1 aromatic carbocycles. The summed E-state index contributed by atoms with van der Waals surface area (Å²) in [7, 11) is 0. The van der Waals surface area contributed by atoms with E-state index in [4.69, 9.17) is 4.74 Å². The van der Waals surface area contributed by atoms with Gasteiger partial charge in [-0.1, -0.05) is 45.9 Å². The summed E-state index contributed by atoms with van der Waals surface area (Å²) in [5.41, 5.74) is 3.38.